The van der Waals surface area contributed by atoms with E-state index in [-0.39, 0.29) is 29.4 Å². The second kappa shape index (κ2) is 5.38. The Morgan fingerprint density at radius 2 is 2.20 bits per heavy atom. The van der Waals surface area contributed by atoms with Crippen molar-refractivity contribution >= 4 is 23.2 Å². The molecule has 1 heterocycles. The Hall–Kier alpha value is -1.66. The van der Waals surface area contributed by atoms with Crippen molar-refractivity contribution in [1.82, 2.24) is 4.90 Å². The highest BCUT2D eigenvalue weighted by atomic mass is 35.5. The summed E-state index contributed by atoms with van der Waals surface area (Å²) in [6.07, 6.45) is 1.42. The van der Waals surface area contributed by atoms with Crippen LogP contribution in [0.2, 0.25) is 5.02 Å². The van der Waals surface area contributed by atoms with Gasteiger partial charge in [0.05, 0.1) is 23.6 Å². The minimum Gasteiger partial charge on any atom is -0.386 e. The second-order valence-electron chi connectivity index (χ2n) is 5.05. The van der Waals surface area contributed by atoms with Gasteiger partial charge in [0.2, 0.25) is 0 Å². The molecule has 0 aromatic heterocycles. The zero-order valence-corrected chi connectivity index (χ0v) is 11.8. The van der Waals surface area contributed by atoms with E-state index in [1.54, 1.807) is 0 Å². The van der Waals surface area contributed by atoms with Crippen molar-refractivity contribution in [2.45, 2.75) is 25.4 Å². The van der Waals surface area contributed by atoms with E-state index in [2.05, 4.69) is 0 Å². The Labute approximate surface area is 121 Å². The van der Waals surface area contributed by atoms with Crippen molar-refractivity contribution in [2.24, 2.45) is 0 Å². The number of aliphatic hydroxyl groups is 1. The molecule has 0 aliphatic carbocycles. The summed E-state index contributed by atoms with van der Waals surface area (Å²) in [5, 5.41) is 21.3. The van der Waals surface area contributed by atoms with Gasteiger partial charge in [-0.05, 0) is 18.6 Å². The maximum absolute atomic E-state index is 12.2. The number of likely N-dealkylation sites (tertiary alicyclic amines) is 1. The first-order chi connectivity index (χ1) is 9.36. The van der Waals surface area contributed by atoms with Crippen molar-refractivity contribution in [3.05, 3.63) is 38.9 Å². The predicted molar refractivity (Wildman–Crippen MR) is 73.9 cm³/mol. The quantitative estimate of drug-likeness (QED) is 0.682. The molecule has 0 saturated carbocycles. The second-order valence-corrected chi connectivity index (χ2v) is 5.49. The van der Waals surface area contributed by atoms with Crippen LogP contribution in [0, 0.1) is 10.1 Å². The van der Waals surface area contributed by atoms with Gasteiger partial charge in [-0.15, -0.1) is 0 Å². The first-order valence-electron chi connectivity index (χ1n) is 6.32. The smallest absolute Gasteiger partial charge is 0.282 e. The number of hydrogen-bond acceptors (Lipinski definition) is 4. The topological polar surface area (TPSA) is 83.7 Å². The van der Waals surface area contributed by atoms with Crippen LogP contribution in [0.4, 0.5) is 5.69 Å². The van der Waals surface area contributed by atoms with E-state index in [0.29, 0.717) is 6.42 Å². The van der Waals surface area contributed by atoms with Gasteiger partial charge in [0.15, 0.2) is 0 Å². The molecule has 0 atom stereocenters. The molecule has 1 aliphatic rings. The van der Waals surface area contributed by atoms with Crippen LogP contribution >= 0.6 is 11.6 Å². The molecule has 1 aromatic rings. The summed E-state index contributed by atoms with van der Waals surface area (Å²) in [4.78, 5) is 24.0. The number of nitro benzene ring substituents is 1. The van der Waals surface area contributed by atoms with Gasteiger partial charge in [-0.1, -0.05) is 24.9 Å². The van der Waals surface area contributed by atoms with Crippen molar-refractivity contribution in [1.29, 1.82) is 0 Å². The van der Waals surface area contributed by atoms with Crippen molar-refractivity contribution in [3.8, 4) is 0 Å². The Bertz CT molecular complexity index is 555. The van der Waals surface area contributed by atoms with Crippen LogP contribution in [0.15, 0.2) is 18.2 Å². The Morgan fingerprint density at radius 1 is 1.55 bits per heavy atom. The van der Waals surface area contributed by atoms with Crippen LogP contribution in [-0.4, -0.2) is 39.5 Å². The van der Waals surface area contributed by atoms with Gasteiger partial charge in [0.25, 0.3) is 11.6 Å². The number of carbonyl (C=O) groups is 1. The molecule has 0 radical (unpaired) electrons. The third-order valence-corrected chi connectivity index (χ3v) is 3.59. The van der Waals surface area contributed by atoms with Gasteiger partial charge in [-0.3, -0.25) is 14.9 Å². The summed E-state index contributed by atoms with van der Waals surface area (Å²) in [6, 6.07) is 3.88. The number of hydrogen-bond donors (Lipinski definition) is 1. The van der Waals surface area contributed by atoms with E-state index in [0.717, 1.165) is 6.42 Å². The van der Waals surface area contributed by atoms with Crippen molar-refractivity contribution in [3.63, 3.8) is 0 Å². The SMILES string of the molecule is CCCC1(O)CN(C(=O)c2cc(Cl)ccc2[N+](=O)[O-])C1. The highest BCUT2D eigenvalue weighted by Gasteiger charge is 2.44. The summed E-state index contributed by atoms with van der Waals surface area (Å²) < 4.78 is 0. The molecule has 1 aromatic carbocycles. The molecule has 1 aliphatic heterocycles. The fourth-order valence-corrected chi connectivity index (χ4v) is 2.61. The zero-order valence-electron chi connectivity index (χ0n) is 11.0. The van der Waals surface area contributed by atoms with Crippen molar-refractivity contribution < 1.29 is 14.8 Å². The zero-order chi connectivity index (χ0) is 14.9. The molecule has 6 nitrogen and oxygen atoms in total. The van der Waals surface area contributed by atoms with E-state index in [1.165, 1.54) is 23.1 Å². The Kier molecular flexibility index (Phi) is 3.96. The molecule has 7 heteroatoms. The minimum absolute atomic E-state index is 0.0407. The molecule has 20 heavy (non-hydrogen) atoms. The fourth-order valence-electron chi connectivity index (χ4n) is 2.44. The van der Waals surface area contributed by atoms with Crippen LogP contribution in [0.25, 0.3) is 0 Å². The number of halogens is 1. The molecule has 1 amide bonds. The number of benzene rings is 1. The Balaban J connectivity index is 2.19. The number of rotatable bonds is 4. The average Bonchev–Trinajstić information content (AvgIpc) is 2.34. The maximum Gasteiger partial charge on any atom is 0.282 e. The lowest BCUT2D eigenvalue weighted by Crippen LogP contribution is -2.63. The molecular formula is C13H15ClN2O4. The monoisotopic (exact) mass is 298 g/mol. The maximum atomic E-state index is 12.2. The van der Waals surface area contributed by atoms with Gasteiger partial charge >= 0.3 is 0 Å². The number of nitrogens with zero attached hydrogens (tertiary/aromatic N) is 2. The van der Waals surface area contributed by atoms with Crippen LogP contribution in [0.5, 0.6) is 0 Å². The first-order valence-corrected chi connectivity index (χ1v) is 6.70. The number of amides is 1. The summed E-state index contributed by atoms with van der Waals surface area (Å²) in [5.74, 6) is -0.472. The standard InChI is InChI=1S/C13H15ClN2O4/c1-2-5-13(18)7-15(8-13)12(17)10-6-9(14)3-4-11(10)16(19)20/h3-4,6,18H,2,5,7-8H2,1H3. The lowest BCUT2D eigenvalue weighted by Gasteiger charge is -2.46. The summed E-state index contributed by atoms with van der Waals surface area (Å²) >= 11 is 5.79. The molecular weight excluding hydrogens is 284 g/mol. The summed E-state index contributed by atoms with van der Waals surface area (Å²) in [5.41, 5.74) is -1.18. The molecule has 0 spiro atoms. The molecule has 2 rings (SSSR count). The van der Waals surface area contributed by atoms with Gasteiger partial charge in [0, 0.05) is 11.1 Å². The van der Waals surface area contributed by atoms with Crippen LogP contribution < -0.4 is 0 Å². The highest BCUT2D eigenvalue weighted by Crippen LogP contribution is 2.30. The molecule has 0 bridgehead atoms. The van der Waals surface area contributed by atoms with Crippen molar-refractivity contribution in [2.75, 3.05) is 13.1 Å². The van der Waals surface area contributed by atoms with E-state index >= 15 is 0 Å². The largest absolute Gasteiger partial charge is 0.386 e. The van der Waals surface area contributed by atoms with Gasteiger partial charge in [-0.25, -0.2) is 0 Å². The molecule has 1 saturated heterocycles. The van der Waals surface area contributed by atoms with E-state index < -0.39 is 16.4 Å². The highest BCUT2D eigenvalue weighted by molar-refractivity contribution is 6.31. The predicted octanol–water partition coefficient (Wildman–Crippen LogP) is 2.24. The van der Waals surface area contributed by atoms with E-state index in [4.69, 9.17) is 11.6 Å². The summed E-state index contributed by atoms with van der Waals surface area (Å²) in [6.45, 7) is 2.34. The number of carbonyl (C=O) groups excluding carboxylic acids is 1. The number of β-amino-alcohol motifs (C(OH)–C–C–N with tert-alkyl or cyclic N) is 1. The van der Waals surface area contributed by atoms with Gasteiger partial charge in [0.1, 0.15) is 5.56 Å². The lowest BCUT2D eigenvalue weighted by atomic mass is 9.88. The van der Waals surface area contributed by atoms with E-state index in [9.17, 15) is 20.0 Å². The molecule has 1 fully saturated rings. The Morgan fingerprint density at radius 3 is 2.75 bits per heavy atom. The van der Waals surface area contributed by atoms with Crippen LogP contribution in [-0.2, 0) is 0 Å². The van der Waals surface area contributed by atoms with Crippen LogP contribution in [0.3, 0.4) is 0 Å². The fraction of sp³-hybridized carbons (Fsp3) is 0.462. The third-order valence-electron chi connectivity index (χ3n) is 3.36. The molecule has 1 N–H and O–H groups in total. The average molecular weight is 299 g/mol. The lowest BCUT2D eigenvalue weighted by molar-refractivity contribution is -0.385. The number of nitro groups is 1. The minimum atomic E-state index is -0.863. The first kappa shape index (κ1) is 14.7. The van der Waals surface area contributed by atoms with Crippen LogP contribution in [0.1, 0.15) is 30.1 Å². The third kappa shape index (κ3) is 2.76. The summed E-state index contributed by atoms with van der Waals surface area (Å²) in [7, 11) is 0. The normalized spacial score (nSPS) is 16.6. The van der Waals surface area contributed by atoms with E-state index in [1.807, 2.05) is 6.92 Å². The molecule has 0 unspecified atom stereocenters. The van der Waals surface area contributed by atoms with Gasteiger partial charge < -0.3 is 10.0 Å². The van der Waals surface area contributed by atoms with Gasteiger partial charge in [-0.2, -0.15) is 0 Å². The molecule has 108 valence electrons.